The lowest BCUT2D eigenvalue weighted by atomic mass is 10.00. The molecule has 12 nitrogen and oxygen atoms in total. The maximum Gasteiger partial charge on any atom is 0.301 e. The zero-order valence-electron chi connectivity index (χ0n) is 22.1. The van der Waals surface area contributed by atoms with Crippen LogP contribution >= 0.6 is 0 Å². The maximum atomic E-state index is 15.3. The quantitative estimate of drug-likeness (QED) is 0.296. The summed E-state index contributed by atoms with van der Waals surface area (Å²) in [6.45, 7) is 4.79. The van der Waals surface area contributed by atoms with Gasteiger partial charge in [-0.1, -0.05) is 6.92 Å². The van der Waals surface area contributed by atoms with Gasteiger partial charge in [0.15, 0.2) is 11.6 Å². The van der Waals surface area contributed by atoms with Crippen molar-refractivity contribution in [2.24, 2.45) is 0 Å². The number of benzene rings is 2. The van der Waals surface area contributed by atoms with Crippen LogP contribution in [-0.4, -0.2) is 77.8 Å². The fourth-order valence-electron chi connectivity index (χ4n) is 4.28. The van der Waals surface area contributed by atoms with Gasteiger partial charge in [-0.15, -0.1) is 0 Å². The molecule has 0 unspecified atom stereocenters. The van der Waals surface area contributed by atoms with Gasteiger partial charge in [0.05, 0.1) is 40.2 Å². The van der Waals surface area contributed by atoms with Crippen molar-refractivity contribution in [2.45, 2.75) is 6.92 Å². The number of hydrogen-bond donors (Lipinski definition) is 2. The van der Waals surface area contributed by atoms with Crippen molar-refractivity contribution in [2.75, 3.05) is 49.4 Å². The summed E-state index contributed by atoms with van der Waals surface area (Å²) in [5.74, 6) is -3.12. The van der Waals surface area contributed by atoms with E-state index in [2.05, 4.69) is 20.3 Å². The normalized spacial score (nSPS) is 14.0. The molecule has 4 aromatic rings. The van der Waals surface area contributed by atoms with E-state index in [0.29, 0.717) is 11.6 Å². The van der Waals surface area contributed by atoms with Crippen LogP contribution in [0.25, 0.3) is 16.6 Å². The van der Waals surface area contributed by atoms with E-state index >= 15 is 4.39 Å². The number of aromatic nitrogens is 4. The Morgan fingerprint density at radius 1 is 1.10 bits per heavy atom. The molecule has 1 aliphatic rings. The summed E-state index contributed by atoms with van der Waals surface area (Å²) in [6, 6.07) is 5.55. The molecule has 2 aromatic heterocycles. The Hall–Kier alpha value is -4.34. The summed E-state index contributed by atoms with van der Waals surface area (Å²) in [5, 5.41) is 3.27. The van der Waals surface area contributed by atoms with Crippen LogP contribution in [0, 0.1) is 11.6 Å². The molecule has 2 aromatic carbocycles. The van der Waals surface area contributed by atoms with E-state index in [4.69, 9.17) is 0 Å². The van der Waals surface area contributed by atoms with E-state index < -0.39 is 44.4 Å². The second-order valence-electron chi connectivity index (χ2n) is 9.26. The van der Waals surface area contributed by atoms with Crippen LogP contribution in [0.3, 0.4) is 0 Å². The number of rotatable bonds is 8. The molecule has 1 aliphatic heterocycles. The van der Waals surface area contributed by atoms with Gasteiger partial charge in [-0.05, 0) is 30.3 Å². The molecule has 0 bridgehead atoms. The Bertz CT molecular complexity index is 1790. The summed E-state index contributed by atoms with van der Waals surface area (Å²) in [5.41, 5.74) is -1.70. The van der Waals surface area contributed by atoms with Crippen LogP contribution in [0.15, 0.2) is 53.8 Å². The molecule has 214 valence electrons. The summed E-state index contributed by atoms with van der Waals surface area (Å²) in [6.07, 6.45) is 4.28. The number of anilines is 2. The number of carbonyl (C=O) groups excluding carboxylic acids is 1. The minimum atomic E-state index is -4.14. The van der Waals surface area contributed by atoms with Crippen LogP contribution in [0.4, 0.5) is 20.4 Å². The first-order valence-corrected chi connectivity index (χ1v) is 14.1. The van der Waals surface area contributed by atoms with E-state index in [1.807, 2.05) is 9.62 Å². The Labute approximate surface area is 233 Å². The molecule has 0 radical (unpaired) electrons. The molecule has 1 saturated heterocycles. The second kappa shape index (κ2) is 11.3. The summed E-state index contributed by atoms with van der Waals surface area (Å²) < 4.78 is 58.9. The smallest absolute Gasteiger partial charge is 0.301 e. The van der Waals surface area contributed by atoms with Gasteiger partial charge in [0.25, 0.3) is 5.56 Å². The molecular formula is C26H26F2N8O4S. The third kappa shape index (κ3) is 5.51. The fourth-order valence-corrected chi connectivity index (χ4v) is 5.22. The molecule has 1 fully saturated rings. The number of nitrogens with one attached hydrogen (secondary N) is 2. The van der Waals surface area contributed by atoms with Crippen molar-refractivity contribution in [3.8, 4) is 5.69 Å². The average molecular weight is 585 g/mol. The second-order valence-corrected chi connectivity index (χ2v) is 11.0. The highest BCUT2D eigenvalue weighted by Gasteiger charge is 2.26. The zero-order chi connectivity index (χ0) is 29.3. The van der Waals surface area contributed by atoms with E-state index in [1.54, 1.807) is 6.92 Å². The van der Waals surface area contributed by atoms with Gasteiger partial charge in [-0.2, -0.15) is 12.7 Å². The molecule has 0 atom stereocenters. The number of fused-ring (bicyclic) bond motifs is 1. The topological polar surface area (TPSA) is 142 Å². The molecule has 0 spiro atoms. The highest BCUT2D eigenvalue weighted by Crippen LogP contribution is 2.26. The lowest BCUT2D eigenvalue weighted by Crippen LogP contribution is -2.44. The highest BCUT2D eigenvalue weighted by atomic mass is 32.2. The minimum absolute atomic E-state index is 0.0202. The summed E-state index contributed by atoms with van der Waals surface area (Å²) in [4.78, 5) is 41.6. The Balaban J connectivity index is 1.49. The maximum absolute atomic E-state index is 15.3. The third-order valence-electron chi connectivity index (χ3n) is 6.74. The van der Waals surface area contributed by atoms with Crippen LogP contribution in [0.2, 0.25) is 0 Å². The third-order valence-corrected chi connectivity index (χ3v) is 8.29. The number of nitrogens with zero attached hydrogens (tertiary/aromatic N) is 6. The molecule has 0 amide bonds. The highest BCUT2D eigenvalue weighted by molar-refractivity contribution is 7.90. The van der Waals surface area contributed by atoms with Gasteiger partial charge in [-0.3, -0.25) is 18.9 Å². The van der Waals surface area contributed by atoms with Gasteiger partial charge in [-0.25, -0.2) is 23.7 Å². The number of piperazine rings is 1. The molecule has 3 heterocycles. The fraction of sp³-hybridized carbons (Fsp3) is 0.269. The van der Waals surface area contributed by atoms with E-state index in [1.165, 1.54) is 48.5 Å². The summed E-state index contributed by atoms with van der Waals surface area (Å²) >= 11 is 0. The lowest BCUT2D eigenvalue weighted by molar-refractivity contribution is 0.103. The van der Waals surface area contributed by atoms with Gasteiger partial charge in [0, 0.05) is 45.3 Å². The Morgan fingerprint density at radius 2 is 1.80 bits per heavy atom. The van der Waals surface area contributed by atoms with Crippen molar-refractivity contribution in [1.82, 2.24) is 29.1 Å². The van der Waals surface area contributed by atoms with Gasteiger partial charge >= 0.3 is 10.2 Å². The number of hydrogen-bond acceptors (Lipinski definition) is 9. The molecule has 5 rings (SSSR count). The predicted octanol–water partition coefficient (Wildman–Crippen LogP) is 1.70. The zero-order valence-corrected chi connectivity index (χ0v) is 23.0. The van der Waals surface area contributed by atoms with Crippen molar-refractivity contribution in [3.63, 3.8) is 0 Å². The number of carbonyl (C=O) groups is 1. The van der Waals surface area contributed by atoms with Crippen molar-refractivity contribution < 1.29 is 22.0 Å². The van der Waals surface area contributed by atoms with Crippen LogP contribution in [0.1, 0.15) is 22.8 Å². The first-order chi connectivity index (χ1) is 19.6. The monoisotopic (exact) mass is 584 g/mol. The van der Waals surface area contributed by atoms with Crippen molar-refractivity contribution in [1.29, 1.82) is 0 Å². The van der Waals surface area contributed by atoms with Crippen molar-refractivity contribution >= 4 is 38.5 Å². The average Bonchev–Trinajstić information content (AvgIpc) is 2.99. The standard InChI is InChI=1S/C26H26F2N8O4S/c1-3-34(2)41(39,40)33-21-7-5-19(27)22(23(21)28)24(37)16-4-6-20-18(12-16)25(38)36(15-32-20)17-13-30-26(31-14-17)35-10-8-29-9-11-35/h4-7,12-15,29,33H,3,8-11H2,1-2H3. The number of ketones is 1. The molecule has 0 saturated carbocycles. The van der Waals surface area contributed by atoms with Gasteiger partial charge in [0.1, 0.15) is 12.1 Å². The van der Waals surface area contributed by atoms with Crippen molar-refractivity contribution in [3.05, 3.63) is 82.2 Å². The van der Waals surface area contributed by atoms with Gasteiger partial charge < -0.3 is 10.2 Å². The molecule has 41 heavy (non-hydrogen) atoms. The predicted molar refractivity (Wildman–Crippen MR) is 149 cm³/mol. The largest absolute Gasteiger partial charge is 0.338 e. The summed E-state index contributed by atoms with van der Waals surface area (Å²) in [7, 11) is -2.86. The van der Waals surface area contributed by atoms with Crippen LogP contribution in [-0.2, 0) is 10.2 Å². The molecule has 0 aliphatic carbocycles. The van der Waals surface area contributed by atoms with Crippen LogP contribution in [0.5, 0.6) is 0 Å². The van der Waals surface area contributed by atoms with Gasteiger partial charge in [0.2, 0.25) is 5.95 Å². The van der Waals surface area contributed by atoms with E-state index in [-0.39, 0.29) is 23.0 Å². The van der Waals surface area contributed by atoms with Crippen LogP contribution < -0.4 is 20.5 Å². The SMILES string of the molecule is CCN(C)S(=O)(=O)Nc1ccc(F)c(C(=O)c2ccc3ncn(-c4cnc(N5CCNCC5)nc4)c(=O)c3c2)c1F. The Kier molecular flexibility index (Phi) is 7.75. The van der Waals surface area contributed by atoms with E-state index in [9.17, 15) is 22.4 Å². The number of halogens is 2. The molecule has 15 heteroatoms. The minimum Gasteiger partial charge on any atom is -0.338 e. The lowest BCUT2D eigenvalue weighted by Gasteiger charge is -2.27. The molecule has 2 N–H and O–H groups in total. The Morgan fingerprint density at radius 3 is 2.49 bits per heavy atom. The first kappa shape index (κ1) is 28.2. The van der Waals surface area contributed by atoms with E-state index in [0.717, 1.165) is 42.6 Å². The molecular weight excluding hydrogens is 558 g/mol. The first-order valence-electron chi connectivity index (χ1n) is 12.7.